The predicted molar refractivity (Wildman–Crippen MR) is 74.8 cm³/mol. The number of carbonyl (C=O) groups excluding carboxylic acids is 1. The van der Waals surface area contributed by atoms with Crippen LogP contribution in [0.5, 0.6) is 0 Å². The van der Waals surface area contributed by atoms with Crippen LogP contribution >= 0.6 is 11.6 Å². The number of nitrogens with zero attached hydrogens (tertiary/aromatic N) is 1. The smallest absolute Gasteiger partial charge is 0.255 e. The fraction of sp³-hybridized carbons (Fsp3) is 0.500. The lowest BCUT2D eigenvalue weighted by Gasteiger charge is -2.39. The monoisotopic (exact) mass is 266 g/mol. The van der Waals surface area contributed by atoms with Gasteiger partial charge < -0.3 is 10.6 Å². The van der Waals surface area contributed by atoms with Gasteiger partial charge in [-0.15, -0.1) is 0 Å². The van der Waals surface area contributed by atoms with Crippen LogP contribution in [0.1, 0.15) is 43.5 Å². The quantitative estimate of drug-likeness (QED) is 0.793. The van der Waals surface area contributed by atoms with Gasteiger partial charge >= 0.3 is 0 Å². The molecule has 0 saturated carbocycles. The SMILES string of the molecule is CC1CCCC(C)N1C(=O)c1cccc(N)c1Cl. The molecule has 2 rings (SSSR count). The molecule has 0 bridgehead atoms. The van der Waals surface area contributed by atoms with E-state index in [0.29, 0.717) is 16.3 Å². The number of hydrogen-bond donors (Lipinski definition) is 1. The molecule has 0 spiro atoms. The van der Waals surface area contributed by atoms with E-state index >= 15 is 0 Å². The van der Waals surface area contributed by atoms with Gasteiger partial charge in [0.25, 0.3) is 5.91 Å². The molecule has 1 aliphatic rings. The lowest BCUT2D eigenvalue weighted by molar-refractivity contribution is 0.0511. The molecule has 0 aliphatic carbocycles. The average molecular weight is 267 g/mol. The summed E-state index contributed by atoms with van der Waals surface area (Å²) in [5.41, 5.74) is 6.72. The van der Waals surface area contributed by atoms with E-state index in [4.69, 9.17) is 17.3 Å². The van der Waals surface area contributed by atoms with Crippen molar-refractivity contribution < 1.29 is 4.79 Å². The van der Waals surface area contributed by atoms with E-state index in [1.54, 1.807) is 18.2 Å². The summed E-state index contributed by atoms with van der Waals surface area (Å²) >= 11 is 6.13. The van der Waals surface area contributed by atoms with E-state index in [1.807, 2.05) is 4.90 Å². The highest BCUT2D eigenvalue weighted by Crippen LogP contribution is 2.29. The molecule has 98 valence electrons. The Morgan fingerprint density at radius 2 is 1.94 bits per heavy atom. The van der Waals surface area contributed by atoms with Crippen molar-refractivity contribution in [3.8, 4) is 0 Å². The largest absolute Gasteiger partial charge is 0.398 e. The van der Waals surface area contributed by atoms with Gasteiger partial charge in [-0.2, -0.15) is 0 Å². The summed E-state index contributed by atoms with van der Waals surface area (Å²) in [6, 6.07) is 5.75. The molecular weight excluding hydrogens is 248 g/mol. The molecule has 2 unspecified atom stereocenters. The van der Waals surface area contributed by atoms with Gasteiger partial charge in [-0.1, -0.05) is 17.7 Å². The van der Waals surface area contributed by atoms with Crippen LogP contribution in [0, 0.1) is 0 Å². The van der Waals surface area contributed by atoms with Crippen LogP contribution in [-0.4, -0.2) is 22.9 Å². The molecule has 4 heteroatoms. The molecule has 2 N–H and O–H groups in total. The molecule has 2 atom stereocenters. The Balaban J connectivity index is 2.32. The maximum atomic E-state index is 12.6. The molecule has 3 nitrogen and oxygen atoms in total. The summed E-state index contributed by atoms with van der Waals surface area (Å²) in [4.78, 5) is 14.5. The molecule has 1 aromatic rings. The first-order valence-electron chi connectivity index (χ1n) is 6.39. The predicted octanol–water partition coefficient (Wildman–Crippen LogP) is 3.33. The van der Waals surface area contributed by atoms with Crippen molar-refractivity contribution in [2.45, 2.75) is 45.2 Å². The number of nitrogen functional groups attached to an aromatic ring is 1. The highest BCUT2D eigenvalue weighted by atomic mass is 35.5. The van der Waals surface area contributed by atoms with E-state index in [9.17, 15) is 4.79 Å². The summed E-state index contributed by atoms with van der Waals surface area (Å²) in [5.74, 6) is -0.00741. The molecular formula is C14H19ClN2O. The van der Waals surface area contributed by atoms with Crippen LogP contribution in [0.4, 0.5) is 5.69 Å². The minimum atomic E-state index is -0.00741. The third kappa shape index (κ3) is 2.32. The van der Waals surface area contributed by atoms with Crippen LogP contribution in [0.25, 0.3) is 0 Å². The van der Waals surface area contributed by atoms with Crippen molar-refractivity contribution in [2.75, 3.05) is 5.73 Å². The van der Waals surface area contributed by atoms with Crippen molar-refractivity contribution in [3.05, 3.63) is 28.8 Å². The zero-order valence-electron chi connectivity index (χ0n) is 10.8. The van der Waals surface area contributed by atoms with Gasteiger partial charge in [-0.3, -0.25) is 4.79 Å². The van der Waals surface area contributed by atoms with Crippen molar-refractivity contribution >= 4 is 23.2 Å². The first-order valence-corrected chi connectivity index (χ1v) is 6.76. The van der Waals surface area contributed by atoms with E-state index in [2.05, 4.69) is 13.8 Å². The van der Waals surface area contributed by atoms with Crippen LogP contribution in [-0.2, 0) is 0 Å². The number of rotatable bonds is 1. The zero-order valence-corrected chi connectivity index (χ0v) is 11.6. The van der Waals surface area contributed by atoms with Crippen molar-refractivity contribution in [3.63, 3.8) is 0 Å². The highest BCUT2D eigenvalue weighted by molar-refractivity contribution is 6.36. The second kappa shape index (κ2) is 5.19. The first kappa shape index (κ1) is 13.2. The Labute approximate surface area is 113 Å². The van der Waals surface area contributed by atoms with Crippen molar-refractivity contribution in [2.24, 2.45) is 0 Å². The molecule has 0 radical (unpaired) electrons. The number of hydrogen-bond acceptors (Lipinski definition) is 2. The van der Waals surface area contributed by atoms with Gasteiger partial charge in [-0.05, 0) is 45.2 Å². The standard InChI is InChI=1S/C14H19ClN2O/c1-9-5-3-6-10(2)17(9)14(18)11-7-4-8-12(16)13(11)15/h4,7-10H,3,5-6,16H2,1-2H3. The van der Waals surface area contributed by atoms with Gasteiger partial charge in [0, 0.05) is 12.1 Å². The number of likely N-dealkylation sites (tertiary alicyclic amines) is 1. The normalized spacial score (nSPS) is 24.1. The van der Waals surface area contributed by atoms with E-state index in [-0.39, 0.29) is 18.0 Å². The van der Waals surface area contributed by atoms with Gasteiger partial charge in [-0.25, -0.2) is 0 Å². The lowest BCUT2D eigenvalue weighted by atomic mass is 9.96. The molecule has 1 aromatic carbocycles. The zero-order chi connectivity index (χ0) is 13.3. The number of amides is 1. The number of anilines is 1. The van der Waals surface area contributed by atoms with Crippen LogP contribution in [0.3, 0.4) is 0 Å². The maximum absolute atomic E-state index is 12.6. The third-order valence-corrected chi connectivity index (χ3v) is 4.11. The molecule has 18 heavy (non-hydrogen) atoms. The average Bonchev–Trinajstić information content (AvgIpc) is 2.32. The van der Waals surface area contributed by atoms with Gasteiger partial charge in [0.1, 0.15) is 0 Å². The molecule has 1 aliphatic heterocycles. The number of benzene rings is 1. The molecule has 0 aromatic heterocycles. The van der Waals surface area contributed by atoms with Gasteiger partial charge in [0.05, 0.1) is 16.3 Å². The van der Waals surface area contributed by atoms with Crippen molar-refractivity contribution in [1.82, 2.24) is 4.90 Å². The number of carbonyl (C=O) groups is 1. The van der Waals surface area contributed by atoms with Crippen molar-refractivity contribution in [1.29, 1.82) is 0 Å². The summed E-state index contributed by atoms with van der Waals surface area (Å²) < 4.78 is 0. The Kier molecular flexibility index (Phi) is 3.81. The van der Waals surface area contributed by atoms with Crippen LogP contribution < -0.4 is 5.73 Å². The minimum absolute atomic E-state index is 0.00741. The number of piperidine rings is 1. The highest BCUT2D eigenvalue weighted by Gasteiger charge is 2.30. The molecule has 1 amide bonds. The third-order valence-electron chi connectivity index (χ3n) is 3.69. The summed E-state index contributed by atoms with van der Waals surface area (Å²) in [6.45, 7) is 4.18. The Morgan fingerprint density at radius 1 is 1.33 bits per heavy atom. The summed E-state index contributed by atoms with van der Waals surface area (Å²) in [7, 11) is 0. The van der Waals surface area contributed by atoms with Crippen LogP contribution in [0.15, 0.2) is 18.2 Å². The second-order valence-corrected chi connectivity index (χ2v) is 5.43. The van der Waals surface area contributed by atoms with E-state index in [1.165, 1.54) is 6.42 Å². The number of nitrogens with two attached hydrogens (primary N) is 1. The van der Waals surface area contributed by atoms with Gasteiger partial charge in [0.2, 0.25) is 0 Å². The molecule has 1 fully saturated rings. The molecule has 1 heterocycles. The Hall–Kier alpha value is -1.22. The topological polar surface area (TPSA) is 46.3 Å². The fourth-order valence-electron chi connectivity index (χ4n) is 2.68. The first-order chi connectivity index (χ1) is 8.52. The lowest BCUT2D eigenvalue weighted by Crippen LogP contribution is -2.47. The Morgan fingerprint density at radius 3 is 2.56 bits per heavy atom. The summed E-state index contributed by atoms with van der Waals surface area (Å²) in [6.07, 6.45) is 3.28. The molecule has 1 saturated heterocycles. The van der Waals surface area contributed by atoms with E-state index in [0.717, 1.165) is 12.8 Å². The summed E-state index contributed by atoms with van der Waals surface area (Å²) in [5, 5.41) is 0.368. The second-order valence-electron chi connectivity index (χ2n) is 5.05. The van der Waals surface area contributed by atoms with Crippen LogP contribution in [0.2, 0.25) is 5.02 Å². The van der Waals surface area contributed by atoms with E-state index < -0.39 is 0 Å². The van der Waals surface area contributed by atoms with Gasteiger partial charge in [0.15, 0.2) is 0 Å². The Bertz CT molecular complexity index is 451. The minimum Gasteiger partial charge on any atom is -0.398 e. The fourth-order valence-corrected chi connectivity index (χ4v) is 2.88. The number of halogens is 1. The maximum Gasteiger partial charge on any atom is 0.255 e.